The average Bonchev–Trinajstić information content (AvgIpc) is 2.41. The Morgan fingerprint density at radius 3 is 2.71 bits per heavy atom. The lowest BCUT2D eigenvalue weighted by atomic mass is 10.1. The Morgan fingerprint density at radius 2 is 2.14 bits per heavy atom. The molecule has 0 radical (unpaired) electrons. The van der Waals surface area contributed by atoms with Gasteiger partial charge in [-0.2, -0.15) is 13.2 Å². The summed E-state index contributed by atoms with van der Waals surface area (Å²) in [6, 6.07) is 2.88. The standard InChI is InChI=1S/C12H13F3N2O4/c1-7(11(19)20)9(18)17-5-8-3-2-4-16-10(8)21-6-12(13,14)15/h2-4,7H,5-6H2,1H3,(H,17,18)(H,19,20). The minimum absolute atomic E-state index is 0.183. The van der Waals surface area contributed by atoms with Gasteiger partial charge < -0.3 is 15.2 Å². The molecule has 0 spiro atoms. The number of aromatic nitrogens is 1. The summed E-state index contributed by atoms with van der Waals surface area (Å²) < 4.78 is 40.8. The van der Waals surface area contributed by atoms with Crippen molar-refractivity contribution in [3.63, 3.8) is 0 Å². The molecule has 0 aliphatic heterocycles. The van der Waals surface area contributed by atoms with Gasteiger partial charge in [-0.05, 0) is 13.0 Å². The highest BCUT2D eigenvalue weighted by Crippen LogP contribution is 2.19. The first-order chi connectivity index (χ1) is 9.70. The first kappa shape index (κ1) is 16.7. The maximum Gasteiger partial charge on any atom is 0.422 e. The topological polar surface area (TPSA) is 88.5 Å². The van der Waals surface area contributed by atoms with Gasteiger partial charge in [0.25, 0.3) is 0 Å². The molecule has 1 aromatic heterocycles. The summed E-state index contributed by atoms with van der Waals surface area (Å²) in [6.07, 6.45) is -3.26. The number of alkyl halides is 3. The monoisotopic (exact) mass is 306 g/mol. The number of nitrogens with zero attached hydrogens (tertiary/aromatic N) is 1. The van der Waals surface area contributed by atoms with Gasteiger partial charge in [0.05, 0.1) is 0 Å². The molecule has 1 aromatic rings. The Labute approximate surface area is 117 Å². The summed E-state index contributed by atoms with van der Waals surface area (Å²) in [5.41, 5.74) is 0.215. The molecule has 1 heterocycles. The SMILES string of the molecule is CC(C(=O)O)C(=O)NCc1cccnc1OCC(F)(F)F. The number of carbonyl (C=O) groups is 2. The van der Waals surface area contributed by atoms with Crippen LogP contribution in [0.3, 0.4) is 0 Å². The fourth-order valence-electron chi connectivity index (χ4n) is 1.29. The summed E-state index contributed by atoms with van der Waals surface area (Å²) in [6.45, 7) is -0.490. The molecular formula is C12H13F3N2O4. The second-order valence-electron chi connectivity index (χ2n) is 4.15. The maximum absolute atomic E-state index is 12.1. The third kappa shape index (κ3) is 5.67. The highest BCUT2D eigenvalue weighted by Gasteiger charge is 2.29. The highest BCUT2D eigenvalue weighted by molar-refractivity contribution is 5.96. The second-order valence-corrected chi connectivity index (χ2v) is 4.15. The molecule has 0 aromatic carbocycles. The molecule has 21 heavy (non-hydrogen) atoms. The van der Waals surface area contributed by atoms with E-state index in [0.717, 1.165) is 0 Å². The Hall–Kier alpha value is -2.32. The minimum atomic E-state index is -4.50. The average molecular weight is 306 g/mol. The van der Waals surface area contributed by atoms with Crippen LogP contribution in [0.2, 0.25) is 0 Å². The number of hydrogen-bond acceptors (Lipinski definition) is 4. The molecule has 0 aliphatic rings. The lowest BCUT2D eigenvalue weighted by Gasteiger charge is -2.13. The molecule has 1 rings (SSSR count). The molecule has 0 fully saturated rings. The van der Waals surface area contributed by atoms with E-state index in [0.29, 0.717) is 0 Å². The molecule has 0 saturated carbocycles. The Bertz CT molecular complexity index is 519. The van der Waals surface area contributed by atoms with Crippen molar-refractivity contribution < 1.29 is 32.6 Å². The third-order valence-corrected chi connectivity index (χ3v) is 2.44. The van der Waals surface area contributed by atoms with Gasteiger partial charge in [-0.15, -0.1) is 0 Å². The van der Waals surface area contributed by atoms with Crippen LogP contribution < -0.4 is 10.1 Å². The van der Waals surface area contributed by atoms with Crippen LogP contribution >= 0.6 is 0 Å². The molecule has 1 unspecified atom stereocenters. The van der Waals surface area contributed by atoms with Crippen molar-refractivity contribution in [1.29, 1.82) is 0 Å². The number of carboxylic acids is 1. The summed E-state index contributed by atoms with van der Waals surface area (Å²) in [4.78, 5) is 25.7. The molecule has 1 amide bonds. The van der Waals surface area contributed by atoms with E-state index in [-0.39, 0.29) is 18.0 Å². The van der Waals surface area contributed by atoms with E-state index in [1.54, 1.807) is 0 Å². The lowest BCUT2D eigenvalue weighted by molar-refractivity contribution is -0.154. The van der Waals surface area contributed by atoms with Crippen molar-refractivity contribution in [2.75, 3.05) is 6.61 Å². The van der Waals surface area contributed by atoms with Crippen LogP contribution in [0.4, 0.5) is 13.2 Å². The number of carboxylic acid groups (broad SMARTS) is 1. The van der Waals surface area contributed by atoms with E-state index in [1.807, 2.05) is 0 Å². The Balaban J connectivity index is 2.67. The number of carbonyl (C=O) groups excluding carboxylic acids is 1. The van der Waals surface area contributed by atoms with Crippen LogP contribution in [-0.4, -0.2) is 34.8 Å². The first-order valence-corrected chi connectivity index (χ1v) is 5.84. The largest absolute Gasteiger partial charge is 0.481 e. The smallest absolute Gasteiger partial charge is 0.422 e. The fraction of sp³-hybridized carbons (Fsp3) is 0.417. The molecule has 9 heteroatoms. The quantitative estimate of drug-likeness (QED) is 0.775. The van der Waals surface area contributed by atoms with Crippen LogP contribution in [0.1, 0.15) is 12.5 Å². The number of amides is 1. The fourth-order valence-corrected chi connectivity index (χ4v) is 1.29. The van der Waals surface area contributed by atoms with Crippen molar-refractivity contribution in [2.45, 2.75) is 19.6 Å². The predicted octanol–water partition coefficient (Wildman–Crippen LogP) is 1.36. The van der Waals surface area contributed by atoms with Crippen LogP contribution in [-0.2, 0) is 16.1 Å². The molecule has 0 aliphatic carbocycles. The van der Waals surface area contributed by atoms with Crippen molar-refractivity contribution in [2.24, 2.45) is 5.92 Å². The van der Waals surface area contributed by atoms with Gasteiger partial charge in [0.2, 0.25) is 11.8 Å². The number of hydrogen-bond donors (Lipinski definition) is 2. The van der Waals surface area contributed by atoms with Crippen LogP contribution in [0.15, 0.2) is 18.3 Å². The number of aliphatic carboxylic acids is 1. The van der Waals surface area contributed by atoms with Gasteiger partial charge in [-0.1, -0.05) is 6.07 Å². The van der Waals surface area contributed by atoms with Crippen molar-refractivity contribution in [1.82, 2.24) is 10.3 Å². The van der Waals surface area contributed by atoms with Gasteiger partial charge in [0.1, 0.15) is 5.92 Å². The van der Waals surface area contributed by atoms with E-state index < -0.39 is 30.6 Å². The van der Waals surface area contributed by atoms with E-state index >= 15 is 0 Å². The summed E-state index contributed by atoms with van der Waals surface area (Å²) >= 11 is 0. The van der Waals surface area contributed by atoms with Gasteiger partial charge in [0, 0.05) is 18.3 Å². The number of nitrogens with one attached hydrogen (secondary N) is 1. The lowest BCUT2D eigenvalue weighted by Crippen LogP contribution is -2.33. The number of ether oxygens (including phenoxy) is 1. The predicted molar refractivity (Wildman–Crippen MR) is 64.4 cm³/mol. The number of pyridine rings is 1. The van der Waals surface area contributed by atoms with Crippen molar-refractivity contribution >= 4 is 11.9 Å². The molecule has 1 atom stereocenters. The van der Waals surface area contributed by atoms with Crippen LogP contribution in [0.25, 0.3) is 0 Å². The normalized spacial score (nSPS) is 12.6. The van der Waals surface area contributed by atoms with Crippen LogP contribution in [0, 0.1) is 5.92 Å². The summed E-state index contributed by atoms with van der Waals surface area (Å²) in [5, 5.41) is 11.0. The summed E-state index contributed by atoms with van der Waals surface area (Å²) in [5.74, 6) is -3.58. The van der Waals surface area contributed by atoms with E-state index in [1.165, 1.54) is 25.3 Å². The first-order valence-electron chi connectivity index (χ1n) is 5.84. The molecule has 2 N–H and O–H groups in total. The zero-order chi connectivity index (χ0) is 16.0. The van der Waals surface area contributed by atoms with Crippen molar-refractivity contribution in [3.05, 3.63) is 23.9 Å². The second kappa shape index (κ2) is 6.91. The number of halogens is 3. The number of rotatable bonds is 6. The van der Waals surface area contributed by atoms with E-state index in [2.05, 4.69) is 15.0 Å². The van der Waals surface area contributed by atoms with Crippen molar-refractivity contribution in [3.8, 4) is 5.88 Å². The van der Waals surface area contributed by atoms with Gasteiger partial charge in [-0.3, -0.25) is 9.59 Å². The van der Waals surface area contributed by atoms with Gasteiger partial charge in [0.15, 0.2) is 6.61 Å². The minimum Gasteiger partial charge on any atom is -0.481 e. The van der Waals surface area contributed by atoms with Gasteiger partial charge in [-0.25, -0.2) is 4.98 Å². The molecule has 6 nitrogen and oxygen atoms in total. The molecular weight excluding hydrogens is 293 g/mol. The highest BCUT2D eigenvalue weighted by atomic mass is 19.4. The Kier molecular flexibility index (Phi) is 5.51. The zero-order valence-electron chi connectivity index (χ0n) is 11.0. The maximum atomic E-state index is 12.1. The molecule has 116 valence electrons. The molecule has 0 saturated heterocycles. The van der Waals surface area contributed by atoms with E-state index in [4.69, 9.17) is 5.11 Å². The third-order valence-electron chi connectivity index (χ3n) is 2.44. The van der Waals surface area contributed by atoms with Gasteiger partial charge >= 0.3 is 12.1 Å². The van der Waals surface area contributed by atoms with E-state index in [9.17, 15) is 22.8 Å². The van der Waals surface area contributed by atoms with Crippen LogP contribution in [0.5, 0.6) is 5.88 Å². The molecule has 0 bridgehead atoms. The Morgan fingerprint density at radius 1 is 1.48 bits per heavy atom. The zero-order valence-corrected chi connectivity index (χ0v) is 11.0. The summed E-state index contributed by atoms with van der Waals surface area (Å²) in [7, 11) is 0.